The Balaban J connectivity index is 2.59. The van der Waals surface area contributed by atoms with Crippen molar-refractivity contribution in [2.75, 3.05) is 7.11 Å². The van der Waals surface area contributed by atoms with E-state index < -0.39 is 5.97 Å². The molecule has 5 heteroatoms. The minimum Gasteiger partial charge on any atom is -0.497 e. The molecule has 1 aromatic rings. The van der Waals surface area contributed by atoms with Gasteiger partial charge in [-0.05, 0) is 47.5 Å². The largest absolute Gasteiger partial charge is 0.497 e. The van der Waals surface area contributed by atoms with Gasteiger partial charge in [0.2, 0.25) is 0 Å². The highest BCUT2D eigenvalue weighted by Gasteiger charge is 2.09. The predicted molar refractivity (Wildman–Crippen MR) is 67.7 cm³/mol. The van der Waals surface area contributed by atoms with Gasteiger partial charge in [0.05, 0.1) is 17.7 Å². The summed E-state index contributed by atoms with van der Waals surface area (Å²) in [7, 11) is 1.60. The monoisotopic (exact) mass is 302 g/mol. The first-order chi connectivity index (χ1) is 8.02. The molecule has 0 spiro atoms. The van der Waals surface area contributed by atoms with Gasteiger partial charge in [-0.15, -0.1) is 0 Å². The molecule has 0 radical (unpaired) electrons. The van der Waals surface area contributed by atoms with Crippen molar-refractivity contribution in [3.05, 3.63) is 22.7 Å². The molecule has 0 saturated heterocycles. The summed E-state index contributed by atoms with van der Waals surface area (Å²) in [6.07, 6.45) is 0.443. The smallest absolute Gasteiger partial charge is 0.303 e. The Morgan fingerprint density at radius 3 is 2.76 bits per heavy atom. The Morgan fingerprint density at radius 2 is 2.24 bits per heavy atom. The van der Waals surface area contributed by atoms with E-state index in [1.54, 1.807) is 25.3 Å². The second kappa shape index (κ2) is 6.49. The molecule has 0 amide bonds. The number of methoxy groups -OCH3 is 1. The second-order valence-corrected chi connectivity index (χ2v) is 4.51. The molecular formula is C12H15BrO4. The third-order valence-corrected chi connectivity index (χ3v) is 2.85. The summed E-state index contributed by atoms with van der Waals surface area (Å²) in [5, 5.41) is 8.57. The van der Waals surface area contributed by atoms with Gasteiger partial charge >= 0.3 is 5.97 Å². The van der Waals surface area contributed by atoms with Gasteiger partial charge in [0, 0.05) is 6.42 Å². The van der Waals surface area contributed by atoms with Crippen LogP contribution in [0.15, 0.2) is 22.7 Å². The van der Waals surface area contributed by atoms with Crippen molar-refractivity contribution in [3.63, 3.8) is 0 Å². The second-order valence-electron chi connectivity index (χ2n) is 3.66. The molecule has 17 heavy (non-hydrogen) atoms. The molecule has 0 aliphatic carbocycles. The van der Waals surface area contributed by atoms with Gasteiger partial charge in [-0.2, -0.15) is 0 Å². The maximum Gasteiger partial charge on any atom is 0.303 e. The van der Waals surface area contributed by atoms with Gasteiger partial charge in [-0.1, -0.05) is 0 Å². The van der Waals surface area contributed by atoms with Gasteiger partial charge in [0.25, 0.3) is 0 Å². The van der Waals surface area contributed by atoms with Crippen LogP contribution in [0.1, 0.15) is 19.8 Å². The summed E-state index contributed by atoms with van der Waals surface area (Å²) in [4.78, 5) is 10.4. The van der Waals surface area contributed by atoms with Crippen LogP contribution >= 0.6 is 15.9 Å². The van der Waals surface area contributed by atoms with Crippen LogP contribution in [0.2, 0.25) is 0 Å². The number of hydrogen-bond donors (Lipinski definition) is 1. The van der Waals surface area contributed by atoms with Crippen LogP contribution in [0.4, 0.5) is 0 Å². The number of hydrogen-bond acceptors (Lipinski definition) is 3. The molecule has 1 atom stereocenters. The number of carbonyl (C=O) groups is 1. The molecule has 1 rings (SSSR count). The minimum absolute atomic E-state index is 0.106. The highest BCUT2D eigenvalue weighted by atomic mass is 79.9. The lowest BCUT2D eigenvalue weighted by molar-refractivity contribution is -0.137. The molecule has 4 nitrogen and oxygen atoms in total. The van der Waals surface area contributed by atoms with Crippen LogP contribution in [0, 0.1) is 0 Å². The van der Waals surface area contributed by atoms with Crippen LogP contribution in [0.5, 0.6) is 11.5 Å². The van der Waals surface area contributed by atoms with Gasteiger partial charge < -0.3 is 14.6 Å². The van der Waals surface area contributed by atoms with Crippen molar-refractivity contribution in [1.82, 2.24) is 0 Å². The highest BCUT2D eigenvalue weighted by molar-refractivity contribution is 9.10. The van der Waals surface area contributed by atoms with E-state index in [-0.39, 0.29) is 12.5 Å². The Kier molecular flexibility index (Phi) is 5.28. The number of benzene rings is 1. The van der Waals surface area contributed by atoms with Crippen molar-refractivity contribution in [2.24, 2.45) is 0 Å². The van der Waals surface area contributed by atoms with Gasteiger partial charge in [-0.25, -0.2) is 0 Å². The molecule has 1 aromatic carbocycles. The molecular weight excluding hydrogens is 288 g/mol. The van der Waals surface area contributed by atoms with E-state index in [0.29, 0.717) is 12.2 Å². The lowest BCUT2D eigenvalue weighted by atomic mass is 10.2. The van der Waals surface area contributed by atoms with E-state index in [9.17, 15) is 4.79 Å². The van der Waals surface area contributed by atoms with E-state index in [2.05, 4.69) is 15.9 Å². The lowest BCUT2D eigenvalue weighted by Gasteiger charge is -2.15. The van der Waals surface area contributed by atoms with E-state index in [1.165, 1.54) is 0 Å². The first-order valence-corrected chi connectivity index (χ1v) is 6.04. The molecule has 0 bridgehead atoms. The van der Waals surface area contributed by atoms with Crippen LogP contribution < -0.4 is 9.47 Å². The summed E-state index contributed by atoms with van der Waals surface area (Å²) in [6.45, 7) is 1.85. The van der Waals surface area contributed by atoms with E-state index in [1.807, 2.05) is 6.92 Å². The standard InChI is InChI=1S/C12H15BrO4/c1-8(3-6-12(14)15)17-11-5-4-9(16-2)7-10(11)13/h4-5,7-8H,3,6H2,1-2H3,(H,14,15). The first kappa shape index (κ1) is 13.8. The third-order valence-electron chi connectivity index (χ3n) is 2.23. The maximum absolute atomic E-state index is 10.4. The number of carboxylic acid groups (broad SMARTS) is 1. The highest BCUT2D eigenvalue weighted by Crippen LogP contribution is 2.30. The van der Waals surface area contributed by atoms with Crippen LogP contribution in [-0.2, 0) is 4.79 Å². The SMILES string of the molecule is COc1ccc(OC(C)CCC(=O)O)c(Br)c1. The van der Waals surface area contributed by atoms with Crippen molar-refractivity contribution in [1.29, 1.82) is 0 Å². The zero-order valence-electron chi connectivity index (χ0n) is 9.77. The topological polar surface area (TPSA) is 55.8 Å². The van der Waals surface area contributed by atoms with Crippen molar-refractivity contribution >= 4 is 21.9 Å². The van der Waals surface area contributed by atoms with Crippen LogP contribution in [0.3, 0.4) is 0 Å². The molecule has 1 unspecified atom stereocenters. The Bertz CT molecular complexity index is 392. The van der Waals surface area contributed by atoms with Gasteiger partial charge in [-0.3, -0.25) is 4.79 Å². The zero-order valence-corrected chi connectivity index (χ0v) is 11.4. The fourth-order valence-electron chi connectivity index (χ4n) is 1.31. The molecule has 0 aliphatic heterocycles. The Morgan fingerprint density at radius 1 is 1.53 bits per heavy atom. The molecule has 94 valence electrons. The van der Waals surface area contributed by atoms with E-state index in [0.717, 1.165) is 10.2 Å². The fraction of sp³-hybridized carbons (Fsp3) is 0.417. The fourth-order valence-corrected chi connectivity index (χ4v) is 1.76. The quantitative estimate of drug-likeness (QED) is 0.877. The van der Waals surface area contributed by atoms with Crippen LogP contribution in [0.25, 0.3) is 0 Å². The van der Waals surface area contributed by atoms with Crippen LogP contribution in [-0.4, -0.2) is 24.3 Å². The Labute approximate surface area is 109 Å². The number of halogens is 1. The molecule has 1 N–H and O–H groups in total. The minimum atomic E-state index is -0.811. The summed E-state index contributed by atoms with van der Waals surface area (Å²) in [5.41, 5.74) is 0. The van der Waals surface area contributed by atoms with Crippen molar-refractivity contribution in [3.8, 4) is 11.5 Å². The third kappa shape index (κ3) is 4.65. The lowest BCUT2D eigenvalue weighted by Crippen LogP contribution is -2.13. The molecule has 0 saturated carbocycles. The number of aliphatic carboxylic acids is 1. The van der Waals surface area contributed by atoms with E-state index >= 15 is 0 Å². The summed E-state index contributed by atoms with van der Waals surface area (Å²) >= 11 is 3.38. The number of ether oxygens (including phenoxy) is 2. The summed E-state index contributed by atoms with van der Waals surface area (Å²) < 4.78 is 11.5. The number of rotatable bonds is 6. The molecule has 0 aromatic heterocycles. The number of carboxylic acids is 1. The Hall–Kier alpha value is -1.23. The maximum atomic E-state index is 10.4. The van der Waals surface area contributed by atoms with Gasteiger partial charge in [0.15, 0.2) is 0 Å². The van der Waals surface area contributed by atoms with Crippen molar-refractivity contribution < 1.29 is 19.4 Å². The molecule has 0 heterocycles. The first-order valence-electron chi connectivity index (χ1n) is 5.25. The van der Waals surface area contributed by atoms with Gasteiger partial charge in [0.1, 0.15) is 11.5 Å². The zero-order chi connectivity index (χ0) is 12.8. The molecule has 0 aliphatic rings. The van der Waals surface area contributed by atoms with Crippen molar-refractivity contribution in [2.45, 2.75) is 25.9 Å². The summed E-state index contributed by atoms with van der Waals surface area (Å²) in [6, 6.07) is 5.39. The molecule has 0 fully saturated rings. The normalized spacial score (nSPS) is 11.9. The predicted octanol–water partition coefficient (Wildman–Crippen LogP) is 3.09. The average Bonchev–Trinajstić information content (AvgIpc) is 2.29. The summed E-state index contributed by atoms with van der Waals surface area (Å²) in [5.74, 6) is 0.611. The average molecular weight is 303 g/mol. The van der Waals surface area contributed by atoms with E-state index in [4.69, 9.17) is 14.6 Å².